The molecule has 1 unspecified atom stereocenters. The van der Waals surface area contributed by atoms with E-state index in [1.165, 1.54) is 25.3 Å². The Labute approximate surface area is 132 Å². The van der Waals surface area contributed by atoms with Crippen molar-refractivity contribution in [1.82, 2.24) is 4.90 Å². The molecule has 0 saturated carbocycles. The molecule has 0 bridgehead atoms. The Balaban J connectivity index is 1.91. The number of carbonyl (C=O) groups is 1. The molecule has 6 heteroatoms. The van der Waals surface area contributed by atoms with Crippen LogP contribution in [0.3, 0.4) is 0 Å². The first-order chi connectivity index (χ1) is 10.1. The van der Waals surface area contributed by atoms with E-state index in [4.69, 9.17) is 5.73 Å². The lowest BCUT2D eigenvalue weighted by Crippen LogP contribution is -2.55. The van der Waals surface area contributed by atoms with Crippen LogP contribution in [0.1, 0.15) is 29.6 Å². The maximum Gasteiger partial charge on any atom is 0.253 e. The van der Waals surface area contributed by atoms with Crippen LogP contribution in [0.2, 0.25) is 0 Å². The molecule has 0 aromatic heterocycles. The molecule has 0 spiro atoms. The van der Waals surface area contributed by atoms with Crippen molar-refractivity contribution < 1.29 is 9.18 Å². The molecular weight excluding hydrogens is 337 g/mol. The Kier molecular flexibility index (Phi) is 4.17. The van der Waals surface area contributed by atoms with E-state index in [0.717, 1.165) is 26.2 Å². The Morgan fingerprint density at radius 2 is 2.10 bits per heavy atom. The fraction of sp³-hybridized carbons (Fsp3) is 0.533. The van der Waals surface area contributed by atoms with Crippen LogP contribution in [0.15, 0.2) is 16.6 Å². The smallest absolute Gasteiger partial charge is 0.253 e. The SMILES string of the molecule is NC(=O)c1c(F)cc(Br)cc1N1CCN2CCCCC2C1. The molecule has 0 aliphatic carbocycles. The first-order valence-electron chi connectivity index (χ1n) is 7.34. The van der Waals surface area contributed by atoms with Gasteiger partial charge in [0.2, 0.25) is 0 Å². The number of halogens is 2. The van der Waals surface area contributed by atoms with Gasteiger partial charge in [0.25, 0.3) is 5.91 Å². The van der Waals surface area contributed by atoms with Crippen molar-refractivity contribution in [2.45, 2.75) is 25.3 Å². The molecule has 1 amide bonds. The minimum atomic E-state index is -0.707. The molecule has 0 radical (unpaired) electrons. The third kappa shape index (κ3) is 2.92. The third-order valence-electron chi connectivity index (χ3n) is 4.46. The number of anilines is 1. The molecule has 1 aromatic carbocycles. The quantitative estimate of drug-likeness (QED) is 0.885. The number of piperazine rings is 1. The highest BCUT2D eigenvalue weighted by atomic mass is 79.9. The second-order valence-corrected chi connectivity index (χ2v) is 6.69. The van der Waals surface area contributed by atoms with E-state index in [-0.39, 0.29) is 5.56 Å². The summed E-state index contributed by atoms with van der Waals surface area (Å²) in [7, 11) is 0. The number of benzene rings is 1. The molecule has 2 N–H and O–H groups in total. The lowest BCUT2D eigenvalue weighted by Gasteiger charge is -2.45. The number of primary amides is 1. The average molecular weight is 356 g/mol. The molecule has 1 atom stereocenters. The fourth-order valence-electron chi connectivity index (χ4n) is 3.43. The lowest BCUT2D eigenvalue weighted by molar-refractivity contribution is 0.0995. The number of carbonyl (C=O) groups excluding carboxylic acids is 1. The van der Waals surface area contributed by atoms with Gasteiger partial charge in [-0.1, -0.05) is 22.4 Å². The number of fused-ring (bicyclic) bond motifs is 1. The van der Waals surface area contributed by atoms with Crippen LogP contribution in [0.25, 0.3) is 0 Å². The summed E-state index contributed by atoms with van der Waals surface area (Å²) in [6.07, 6.45) is 3.66. The first kappa shape index (κ1) is 14.8. The summed E-state index contributed by atoms with van der Waals surface area (Å²) in [6.45, 7) is 3.73. The largest absolute Gasteiger partial charge is 0.368 e. The van der Waals surface area contributed by atoms with Gasteiger partial charge in [0.05, 0.1) is 11.3 Å². The van der Waals surface area contributed by atoms with Gasteiger partial charge in [0, 0.05) is 30.1 Å². The Hall–Kier alpha value is -1.14. The summed E-state index contributed by atoms with van der Waals surface area (Å²) in [5.41, 5.74) is 5.99. The maximum absolute atomic E-state index is 14.1. The third-order valence-corrected chi connectivity index (χ3v) is 4.92. The van der Waals surface area contributed by atoms with E-state index in [1.807, 2.05) is 0 Å². The summed E-state index contributed by atoms with van der Waals surface area (Å²) < 4.78 is 14.7. The second-order valence-electron chi connectivity index (χ2n) is 5.78. The van der Waals surface area contributed by atoms with Gasteiger partial charge < -0.3 is 10.6 Å². The van der Waals surface area contributed by atoms with Crippen LogP contribution in [0, 0.1) is 5.82 Å². The number of amides is 1. The number of piperidine rings is 1. The van der Waals surface area contributed by atoms with E-state index < -0.39 is 11.7 Å². The molecule has 2 aliphatic rings. The molecule has 2 heterocycles. The molecule has 1 aromatic rings. The van der Waals surface area contributed by atoms with Crippen molar-refractivity contribution in [3.05, 3.63) is 28.0 Å². The van der Waals surface area contributed by atoms with Crippen LogP contribution in [-0.4, -0.2) is 43.0 Å². The van der Waals surface area contributed by atoms with Crippen LogP contribution in [0.4, 0.5) is 10.1 Å². The molecular formula is C15H19BrFN3O. The zero-order valence-corrected chi connectivity index (χ0v) is 13.4. The number of hydrogen-bond donors (Lipinski definition) is 1. The van der Waals surface area contributed by atoms with Gasteiger partial charge in [-0.2, -0.15) is 0 Å². The van der Waals surface area contributed by atoms with E-state index in [1.54, 1.807) is 6.07 Å². The van der Waals surface area contributed by atoms with Crippen LogP contribution in [0.5, 0.6) is 0 Å². The van der Waals surface area contributed by atoms with Gasteiger partial charge in [0.15, 0.2) is 0 Å². The van der Waals surface area contributed by atoms with Gasteiger partial charge >= 0.3 is 0 Å². The maximum atomic E-state index is 14.1. The second kappa shape index (κ2) is 5.93. The van der Waals surface area contributed by atoms with Crippen LogP contribution >= 0.6 is 15.9 Å². The first-order valence-corrected chi connectivity index (χ1v) is 8.13. The summed E-state index contributed by atoms with van der Waals surface area (Å²) in [5, 5.41) is 0. The van der Waals surface area contributed by atoms with E-state index >= 15 is 0 Å². The summed E-state index contributed by atoms with van der Waals surface area (Å²) in [5.74, 6) is -1.26. The highest BCUT2D eigenvalue weighted by Gasteiger charge is 2.31. The van der Waals surface area contributed by atoms with Crippen molar-refractivity contribution in [2.24, 2.45) is 5.73 Å². The fourth-order valence-corrected chi connectivity index (χ4v) is 3.85. The van der Waals surface area contributed by atoms with E-state index in [2.05, 4.69) is 25.7 Å². The molecule has 114 valence electrons. The number of rotatable bonds is 2. The zero-order valence-electron chi connectivity index (χ0n) is 11.8. The van der Waals surface area contributed by atoms with Gasteiger partial charge in [-0.3, -0.25) is 9.69 Å². The Morgan fingerprint density at radius 3 is 2.86 bits per heavy atom. The lowest BCUT2D eigenvalue weighted by atomic mass is 9.98. The van der Waals surface area contributed by atoms with Gasteiger partial charge in [-0.05, 0) is 31.5 Å². The highest BCUT2D eigenvalue weighted by molar-refractivity contribution is 9.10. The van der Waals surface area contributed by atoms with Crippen molar-refractivity contribution >= 4 is 27.5 Å². The molecule has 4 nitrogen and oxygen atoms in total. The van der Waals surface area contributed by atoms with Crippen molar-refractivity contribution in [3.63, 3.8) is 0 Å². The molecule has 2 saturated heterocycles. The minimum Gasteiger partial charge on any atom is -0.368 e. The molecule has 2 fully saturated rings. The number of nitrogens with two attached hydrogens (primary N) is 1. The summed E-state index contributed by atoms with van der Waals surface area (Å²) >= 11 is 3.30. The summed E-state index contributed by atoms with van der Waals surface area (Å²) in [6, 6.07) is 3.58. The number of hydrogen-bond acceptors (Lipinski definition) is 3. The Bertz CT molecular complexity index is 566. The van der Waals surface area contributed by atoms with Crippen molar-refractivity contribution in [1.29, 1.82) is 0 Å². The zero-order chi connectivity index (χ0) is 15.0. The molecule has 3 rings (SSSR count). The van der Waals surface area contributed by atoms with E-state index in [9.17, 15) is 9.18 Å². The van der Waals surface area contributed by atoms with Crippen LogP contribution < -0.4 is 10.6 Å². The normalized spacial score (nSPS) is 23.0. The van der Waals surface area contributed by atoms with Crippen molar-refractivity contribution in [3.8, 4) is 0 Å². The van der Waals surface area contributed by atoms with Crippen molar-refractivity contribution in [2.75, 3.05) is 31.1 Å². The standard InChI is InChI=1S/C15H19BrFN3O/c16-10-7-12(17)14(15(18)21)13(8-10)20-6-5-19-4-2-1-3-11(19)9-20/h7-8,11H,1-6,9H2,(H2,18,21). The minimum absolute atomic E-state index is 0.00228. The van der Waals surface area contributed by atoms with Gasteiger partial charge in [-0.25, -0.2) is 4.39 Å². The van der Waals surface area contributed by atoms with E-state index in [0.29, 0.717) is 16.2 Å². The molecule has 2 aliphatic heterocycles. The predicted octanol–water partition coefficient (Wildman–Crippen LogP) is 2.36. The monoisotopic (exact) mass is 355 g/mol. The van der Waals surface area contributed by atoms with Gasteiger partial charge in [0.1, 0.15) is 5.82 Å². The average Bonchev–Trinajstić information content (AvgIpc) is 2.45. The number of nitrogens with zero attached hydrogens (tertiary/aromatic N) is 2. The molecule has 21 heavy (non-hydrogen) atoms. The van der Waals surface area contributed by atoms with Gasteiger partial charge in [-0.15, -0.1) is 0 Å². The van der Waals surface area contributed by atoms with Crippen LogP contribution in [-0.2, 0) is 0 Å². The topological polar surface area (TPSA) is 49.6 Å². The highest BCUT2D eigenvalue weighted by Crippen LogP contribution is 2.31. The predicted molar refractivity (Wildman–Crippen MR) is 84.0 cm³/mol. The summed E-state index contributed by atoms with van der Waals surface area (Å²) in [4.78, 5) is 16.2. The Morgan fingerprint density at radius 1 is 1.29 bits per heavy atom.